The number of nitrogens with zero attached hydrogens (tertiary/aromatic N) is 1. The molecule has 0 atom stereocenters. The average Bonchev–Trinajstić information content (AvgIpc) is 2.48. The Kier molecular flexibility index (Phi) is 3.17. The van der Waals surface area contributed by atoms with Crippen molar-refractivity contribution in [3.05, 3.63) is 66.4 Å². The van der Waals surface area contributed by atoms with Gasteiger partial charge in [-0.05, 0) is 31.2 Å². The van der Waals surface area contributed by atoms with E-state index in [-0.39, 0.29) is 5.78 Å². The molecule has 3 rings (SSSR count). The van der Waals surface area contributed by atoms with Crippen LogP contribution < -0.4 is 4.74 Å². The smallest absolute Gasteiger partial charge is 0.159 e. The number of hydrogen-bond acceptors (Lipinski definition) is 3. The monoisotopic (exact) mass is 263 g/mol. The number of carbonyl (C=O) groups is 1. The number of hydrogen-bond donors (Lipinski definition) is 0. The summed E-state index contributed by atoms with van der Waals surface area (Å²) < 4.78 is 5.87. The number of carbonyl (C=O) groups excluding carboxylic acids is 1. The van der Waals surface area contributed by atoms with Crippen LogP contribution in [0.25, 0.3) is 10.9 Å². The van der Waals surface area contributed by atoms with Crippen molar-refractivity contribution in [2.75, 3.05) is 0 Å². The Labute approximate surface area is 116 Å². The molecule has 0 amide bonds. The standard InChI is InChI=1S/C17H13NO2/c1-12(19)14-6-2-8-15(11-14)20-16-9-3-5-13-7-4-10-18-17(13)16/h2-11H,1H3. The summed E-state index contributed by atoms with van der Waals surface area (Å²) in [5.74, 6) is 1.34. The van der Waals surface area contributed by atoms with E-state index >= 15 is 0 Å². The molecule has 0 aliphatic carbocycles. The third-order valence-electron chi connectivity index (χ3n) is 3.06. The summed E-state index contributed by atoms with van der Waals surface area (Å²) in [6, 6.07) is 16.8. The highest BCUT2D eigenvalue weighted by molar-refractivity contribution is 5.94. The van der Waals surface area contributed by atoms with E-state index in [0.717, 1.165) is 10.9 Å². The van der Waals surface area contributed by atoms with E-state index in [4.69, 9.17) is 4.74 Å². The number of ketones is 1. The fraction of sp³-hybridized carbons (Fsp3) is 0.0588. The van der Waals surface area contributed by atoms with E-state index in [0.29, 0.717) is 17.1 Å². The maximum atomic E-state index is 11.4. The van der Waals surface area contributed by atoms with Crippen LogP contribution in [0.2, 0.25) is 0 Å². The van der Waals surface area contributed by atoms with Crippen molar-refractivity contribution in [3.63, 3.8) is 0 Å². The Bertz CT molecular complexity index is 775. The van der Waals surface area contributed by atoms with Gasteiger partial charge in [-0.1, -0.05) is 30.3 Å². The van der Waals surface area contributed by atoms with Crippen molar-refractivity contribution >= 4 is 16.7 Å². The van der Waals surface area contributed by atoms with Crippen LogP contribution in [0, 0.1) is 0 Å². The van der Waals surface area contributed by atoms with Crippen molar-refractivity contribution in [2.24, 2.45) is 0 Å². The van der Waals surface area contributed by atoms with Crippen molar-refractivity contribution in [1.82, 2.24) is 4.98 Å². The van der Waals surface area contributed by atoms with Crippen molar-refractivity contribution in [2.45, 2.75) is 6.92 Å². The van der Waals surface area contributed by atoms with Crippen LogP contribution in [-0.4, -0.2) is 10.8 Å². The molecule has 3 heteroatoms. The Hall–Kier alpha value is -2.68. The van der Waals surface area contributed by atoms with Gasteiger partial charge in [0.25, 0.3) is 0 Å². The molecule has 0 bridgehead atoms. The first kappa shape index (κ1) is 12.4. The molecule has 1 heterocycles. The number of benzene rings is 2. The van der Waals surface area contributed by atoms with Gasteiger partial charge in [-0.25, -0.2) is 0 Å². The molecular formula is C17H13NO2. The molecule has 3 aromatic rings. The van der Waals surface area contributed by atoms with Crippen LogP contribution in [-0.2, 0) is 0 Å². The van der Waals surface area contributed by atoms with Gasteiger partial charge in [0.2, 0.25) is 0 Å². The highest BCUT2D eigenvalue weighted by Crippen LogP contribution is 2.28. The van der Waals surface area contributed by atoms with E-state index in [1.165, 1.54) is 0 Å². The molecule has 0 fully saturated rings. The molecule has 0 saturated carbocycles. The predicted molar refractivity (Wildman–Crippen MR) is 78.3 cm³/mol. The zero-order valence-electron chi connectivity index (χ0n) is 11.0. The normalized spacial score (nSPS) is 10.4. The lowest BCUT2D eigenvalue weighted by atomic mass is 10.1. The number of rotatable bonds is 3. The van der Waals surface area contributed by atoms with Gasteiger partial charge in [0, 0.05) is 17.1 Å². The first-order chi connectivity index (χ1) is 9.74. The Morgan fingerprint density at radius 3 is 2.70 bits per heavy atom. The molecule has 0 aliphatic rings. The zero-order valence-corrected chi connectivity index (χ0v) is 11.0. The molecule has 0 N–H and O–H groups in total. The minimum Gasteiger partial charge on any atom is -0.455 e. The summed E-state index contributed by atoms with van der Waals surface area (Å²) in [5.41, 5.74) is 1.44. The molecule has 3 nitrogen and oxygen atoms in total. The average molecular weight is 263 g/mol. The Morgan fingerprint density at radius 1 is 1.05 bits per heavy atom. The summed E-state index contributed by atoms with van der Waals surface area (Å²) in [6.45, 7) is 1.54. The van der Waals surface area contributed by atoms with Crippen LogP contribution in [0.4, 0.5) is 0 Å². The lowest BCUT2D eigenvalue weighted by Gasteiger charge is -2.08. The third-order valence-corrected chi connectivity index (χ3v) is 3.06. The lowest BCUT2D eigenvalue weighted by Crippen LogP contribution is -1.93. The quantitative estimate of drug-likeness (QED) is 0.664. The molecule has 98 valence electrons. The maximum Gasteiger partial charge on any atom is 0.159 e. The zero-order chi connectivity index (χ0) is 13.9. The Morgan fingerprint density at radius 2 is 1.85 bits per heavy atom. The molecular weight excluding hydrogens is 250 g/mol. The number of Topliss-reactive ketones (excluding diaryl/α,β-unsaturated/α-hetero) is 1. The number of para-hydroxylation sites is 1. The summed E-state index contributed by atoms with van der Waals surface area (Å²) in [4.78, 5) is 15.7. The van der Waals surface area contributed by atoms with E-state index in [9.17, 15) is 4.79 Å². The molecule has 0 saturated heterocycles. The molecule has 0 spiro atoms. The predicted octanol–water partition coefficient (Wildman–Crippen LogP) is 4.23. The minimum atomic E-state index is 0.0199. The molecule has 0 unspecified atom stereocenters. The molecule has 0 radical (unpaired) electrons. The highest BCUT2D eigenvalue weighted by Gasteiger charge is 2.06. The van der Waals surface area contributed by atoms with Gasteiger partial charge in [0.15, 0.2) is 11.5 Å². The first-order valence-corrected chi connectivity index (χ1v) is 6.36. The van der Waals surface area contributed by atoms with Crippen LogP contribution >= 0.6 is 0 Å². The van der Waals surface area contributed by atoms with Crippen molar-refractivity contribution in [1.29, 1.82) is 0 Å². The summed E-state index contributed by atoms with van der Waals surface area (Å²) in [6.07, 6.45) is 1.74. The summed E-state index contributed by atoms with van der Waals surface area (Å²) in [7, 11) is 0. The fourth-order valence-corrected chi connectivity index (χ4v) is 2.06. The summed E-state index contributed by atoms with van der Waals surface area (Å²) in [5, 5.41) is 1.02. The SMILES string of the molecule is CC(=O)c1cccc(Oc2cccc3cccnc23)c1. The summed E-state index contributed by atoms with van der Waals surface area (Å²) >= 11 is 0. The number of pyridine rings is 1. The largest absolute Gasteiger partial charge is 0.455 e. The van der Waals surface area contributed by atoms with Crippen LogP contribution in [0.3, 0.4) is 0 Å². The third kappa shape index (κ3) is 2.38. The van der Waals surface area contributed by atoms with Crippen LogP contribution in [0.1, 0.15) is 17.3 Å². The molecule has 20 heavy (non-hydrogen) atoms. The van der Waals surface area contributed by atoms with Gasteiger partial charge in [0.05, 0.1) is 0 Å². The Balaban J connectivity index is 2.01. The topological polar surface area (TPSA) is 39.2 Å². The van der Waals surface area contributed by atoms with Gasteiger partial charge >= 0.3 is 0 Å². The van der Waals surface area contributed by atoms with E-state index in [1.807, 2.05) is 42.5 Å². The molecule has 1 aromatic heterocycles. The second-order valence-electron chi connectivity index (χ2n) is 4.52. The van der Waals surface area contributed by atoms with Crippen molar-refractivity contribution in [3.8, 4) is 11.5 Å². The van der Waals surface area contributed by atoms with E-state index < -0.39 is 0 Å². The van der Waals surface area contributed by atoms with Crippen molar-refractivity contribution < 1.29 is 9.53 Å². The number of aromatic nitrogens is 1. The minimum absolute atomic E-state index is 0.0199. The highest BCUT2D eigenvalue weighted by atomic mass is 16.5. The van der Waals surface area contributed by atoms with Crippen LogP contribution in [0.5, 0.6) is 11.5 Å². The van der Waals surface area contributed by atoms with Gasteiger partial charge in [-0.15, -0.1) is 0 Å². The fourth-order valence-electron chi connectivity index (χ4n) is 2.06. The lowest BCUT2D eigenvalue weighted by molar-refractivity contribution is 0.101. The van der Waals surface area contributed by atoms with Crippen LogP contribution in [0.15, 0.2) is 60.8 Å². The first-order valence-electron chi connectivity index (χ1n) is 6.36. The maximum absolute atomic E-state index is 11.4. The van der Waals surface area contributed by atoms with Gasteiger partial charge in [0.1, 0.15) is 11.3 Å². The second kappa shape index (κ2) is 5.13. The van der Waals surface area contributed by atoms with Gasteiger partial charge in [-0.3, -0.25) is 9.78 Å². The molecule has 0 aliphatic heterocycles. The van der Waals surface area contributed by atoms with Gasteiger partial charge in [-0.2, -0.15) is 0 Å². The number of ether oxygens (including phenoxy) is 1. The number of fused-ring (bicyclic) bond motifs is 1. The van der Waals surface area contributed by atoms with E-state index in [2.05, 4.69) is 4.98 Å². The second-order valence-corrected chi connectivity index (χ2v) is 4.52. The van der Waals surface area contributed by atoms with Gasteiger partial charge < -0.3 is 4.74 Å². The van der Waals surface area contributed by atoms with E-state index in [1.54, 1.807) is 25.3 Å². The molecule has 2 aromatic carbocycles.